The van der Waals surface area contributed by atoms with E-state index in [-0.39, 0.29) is 5.41 Å². The third-order valence-corrected chi connectivity index (χ3v) is 5.59. The first-order valence-electron chi connectivity index (χ1n) is 10.2. The first-order valence-corrected chi connectivity index (χ1v) is 10.6. The van der Waals surface area contributed by atoms with Gasteiger partial charge in [-0.05, 0) is 29.8 Å². The van der Waals surface area contributed by atoms with Gasteiger partial charge in [-0.2, -0.15) is 0 Å². The number of fused-ring (bicyclic) bond motifs is 1. The largest absolute Gasteiger partial charge is 0.496 e. The first-order chi connectivity index (χ1) is 14.3. The third kappa shape index (κ3) is 4.47. The van der Waals surface area contributed by atoms with Crippen molar-refractivity contribution < 1.29 is 4.74 Å². The summed E-state index contributed by atoms with van der Waals surface area (Å²) >= 11 is 6.16. The lowest BCUT2D eigenvalue weighted by atomic mass is 9.95. The predicted octanol–water partition coefficient (Wildman–Crippen LogP) is 5.06. The van der Waals surface area contributed by atoms with Crippen molar-refractivity contribution in [1.82, 2.24) is 19.9 Å². The predicted molar refractivity (Wildman–Crippen MR) is 120 cm³/mol. The molecular weight excluding hydrogens is 396 g/mol. The molecule has 2 aromatic heterocycles. The highest BCUT2D eigenvalue weighted by molar-refractivity contribution is 6.30. The van der Waals surface area contributed by atoms with Crippen LogP contribution in [0.15, 0.2) is 42.7 Å². The monoisotopic (exact) mass is 422 g/mol. The number of halogens is 1. The lowest BCUT2D eigenvalue weighted by Crippen LogP contribution is -2.32. The smallest absolute Gasteiger partial charge is 0.133 e. The van der Waals surface area contributed by atoms with E-state index >= 15 is 0 Å². The maximum atomic E-state index is 6.16. The highest BCUT2D eigenvalue weighted by Crippen LogP contribution is 2.31. The van der Waals surface area contributed by atoms with Crippen LogP contribution in [-0.2, 0) is 24.9 Å². The summed E-state index contributed by atoms with van der Waals surface area (Å²) in [7, 11) is 1.66. The van der Waals surface area contributed by atoms with Gasteiger partial charge in [-0.3, -0.25) is 9.88 Å². The van der Waals surface area contributed by atoms with Gasteiger partial charge in [0.1, 0.15) is 11.6 Å². The van der Waals surface area contributed by atoms with Crippen LogP contribution in [0, 0.1) is 0 Å². The Bertz CT molecular complexity index is 1040. The maximum Gasteiger partial charge on any atom is 0.133 e. The second-order valence-electron chi connectivity index (χ2n) is 8.77. The molecule has 0 fully saturated rings. The van der Waals surface area contributed by atoms with Crippen LogP contribution < -0.4 is 4.74 Å². The molecule has 0 amide bonds. The second-order valence-corrected chi connectivity index (χ2v) is 9.21. The average Bonchev–Trinajstić information content (AvgIpc) is 2.73. The van der Waals surface area contributed by atoms with Crippen LogP contribution in [0.5, 0.6) is 5.75 Å². The molecule has 0 aliphatic carbocycles. The Morgan fingerprint density at radius 1 is 1.10 bits per heavy atom. The van der Waals surface area contributed by atoms with Crippen LogP contribution in [0.4, 0.5) is 0 Å². The van der Waals surface area contributed by atoms with Crippen molar-refractivity contribution in [3.63, 3.8) is 0 Å². The van der Waals surface area contributed by atoms with Crippen LogP contribution in [-0.4, -0.2) is 33.5 Å². The fourth-order valence-corrected chi connectivity index (χ4v) is 3.86. The summed E-state index contributed by atoms with van der Waals surface area (Å²) in [6, 6.07) is 9.72. The lowest BCUT2D eigenvalue weighted by Gasteiger charge is -2.29. The molecule has 0 radical (unpaired) electrons. The zero-order valence-electron chi connectivity index (χ0n) is 17.9. The highest BCUT2D eigenvalue weighted by atomic mass is 35.5. The molecule has 3 heterocycles. The van der Waals surface area contributed by atoms with Gasteiger partial charge >= 0.3 is 0 Å². The Hall–Kier alpha value is -2.50. The summed E-state index contributed by atoms with van der Waals surface area (Å²) in [4.78, 5) is 16.5. The van der Waals surface area contributed by atoms with Gasteiger partial charge in [0.25, 0.3) is 0 Å². The molecule has 3 aromatic rings. The Kier molecular flexibility index (Phi) is 5.76. The first kappa shape index (κ1) is 20.8. The summed E-state index contributed by atoms with van der Waals surface area (Å²) in [5, 5.41) is 0.667. The van der Waals surface area contributed by atoms with Crippen molar-refractivity contribution >= 4 is 11.6 Å². The van der Waals surface area contributed by atoms with Crippen molar-refractivity contribution in [2.24, 2.45) is 0 Å². The summed E-state index contributed by atoms with van der Waals surface area (Å²) in [5.41, 5.74) is 5.32. The minimum Gasteiger partial charge on any atom is -0.496 e. The Morgan fingerprint density at radius 2 is 1.93 bits per heavy atom. The molecule has 0 bridgehead atoms. The summed E-state index contributed by atoms with van der Waals surface area (Å²) in [6.07, 6.45) is 4.89. The number of rotatable bonds is 4. The number of hydrogen-bond acceptors (Lipinski definition) is 5. The van der Waals surface area contributed by atoms with E-state index in [9.17, 15) is 0 Å². The molecule has 5 nitrogen and oxygen atoms in total. The van der Waals surface area contributed by atoms with Gasteiger partial charge in [0.15, 0.2) is 0 Å². The van der Waals surface area contributed by atoms with Crippen LogP contribution in [0.2, 0.25) is 5.02 Å². The topological polar surface area (TPSA) is 51.1 Å². The summed E-state index contributed by atoms with van der Waals surface area (Å²) in [5.74, 6) is 1.69. The molecule has 156 valence electrons. The molecule has 6 heteroatoms. The number of methoxy groups -OCH3 is 1. The molecule has 1 aromatic carbocycles. The lowest BCUT2D eigenvalue weighted by molar-refractivity contribution is 0.242. The summed E-state index contributed by atoms with van der Waals surface area (Å²) in [6.45, 7) is 9.15. The van der Waals surface area contributed by atoms with E-state index in [2.05, 4.69) is 41.7 Å². The van der Waals surface area contributed by atoms with Gasteiger partial charge in [-0.1, -0.05) is 38.4 Å². The van der Waals surface area contributed by atoms with Crippen LogP contribution >= 0.6 is 11.6 Å². The van der Waals surface area contributed by atoms with Crippen molar-refractivity contribution in [2.75, 3.05) is 13.7 Å². The van der Waals surface area contributed by atoms with Gasteiger partial charge in [0, 0.05) is 65.7 Å². The average molecular weight is 423 g/mol. The third-order valence-electron chi connectivity index (χ3n) is 5.35. The molecule has 0 N–H and O–H groups in total. The number of benzene rings is 1. The summed E-state index contributed by atoms with van der Waals surface area (Å²) < 4.78 is 5.45. The number of hydrogen-bond donors (Lipinski definition) is 0. The highest BCUT2D eigenvalue weighted by Gasteiger charge is 2.23. The van der Waals surface area contributed by atoms with E-state index in [1.807, 2.05) is 36.7 Å². The molecule has 0 saturated carbocycles. The fourth-order valence-electron chi connectivity index (χ4n) is 3.69. The number of ether oxygens (including phenoxy) is 1. The number of pyridine rings is 1. The van der Waals surface area contributed by atoms with Gasteiger partial charge in [-0.15, -0.1) is 0 Å². The minimum atomic E-state index is -0.0226. The zero-order chi connectivity index (χ0) is 21.3. The van der Waals surface area contributed by atoms with Crippen molar-refractivity contribution in [3.8, 4) is 17.0 Å². The normalized spacial score (nSPS) is 14.4. The van der Waals surface area contributed by atoms with Crippen molar-refractivity contribution in [2.45, 2.75) is 45.7 Å². The number of nitrogens with zero attached hydrogens (tertiary/aromatic N) is 4. The van der Waals surface area contributed by atoms with E-state index in [1.54, 1.807) is 7.11 Å². The Morgan fingerprint density at radius 3 is 2.63 bits per heavy atom. The molecule has 0 spiro atoms. The van der Waals surface area contributed by atoms with Crippen LogP contribution in [0.25, 0.3) is 11.3 Å². The fraction of sp³-hybridized carbons (Fsp3) is 0.375. The van der Waals surface area contributed by atoms with Crippen LogP contribution in [0.3, 0.4) is 0 Å². The molecule has 0 atom stereocenters. The second kappa shape index (κ2) is 8.32. The Balaban J connectivity index is 1.47. The van der Waals surface area contributed by atoms with E-state index < -0.39 is 0 Å². The van der Waals surface area contributed by atoms with E-state index in [0.717, 1.165) is 48.9 Å². The maximum absolute atomic E-state index is 6.16. The molecule has 4 rings (SSSR count). The molecular formula is C24H27ClN4O. The van der Waals surface area contributed by atoms with E-state index in [1.165, 1.54) is 16.8 Å². The van der Waals surface area contributed by atoms with Gasteiger partial charge in [0.05, 0.1) is 12.8 Å². The molecule has 1 aliphatic rings. The molecule has 0 saturated heterocycles. The van der Waals surface area contributed by atoms with Crippen LogP contribution in [0.1, 0.15) is 43.4 Å². The standard InChI is InChI=1S/C24H27ClN4O/c1-24(2,3)23-27-13-17-15-29(10-9-20(17)28-23)14-16-5-7-21(26-12-16)19-11-18(25)6-8-22(19)30-4/h5-8,11-13H,9-10,14-15H2,1-4H3. The quantitative estimate of drug-likeness (QED) is 0.588. The minimum absolute atomic E-state index is 0.0226. The van der Waals surface area contributed by atoms with Gasteiger partial charge in [0.2, 0.25) is 0 Å². The van der Waals surface area contributed by atoms with Crippen molar-refractivity contribution in [1.29, 1.82) is 0 Å². The van der Waals surface area contributed by atoms with Crippen molar-refractivity contribution in [3.05, 3.63) is 70.4 Å². The van der Waals surface area contributed by atoms with E-state index in [4.69, 9.17) is 21.3 Å². The molecule has 30 heavy (non-hydrogen) atoms. The number of aromatic nitrogens is 3. The Labute approximate surface area is 183 Å². The van der Waals surface area contributed by atoms with E-state index in [0.29, 0.717) is 5.02 Å². The molecule has 0 unspecified atom stereocenters. The SMILES string of the molecule is COc1ccc(Cl)cc1-c1ccc(CN2CCc3nc(C(C)(C)C)ncc3C2)cn1. The molecule has 1 aliphatic heterocycles. The van der Waals surface area contributed by atoms with Gasteiger partial charge in [-0.25, -0.2) is 9.97 Å². The van der Waals surface area contributed by atoms with Gasteiger partial charge < -0.3 is 4.74 Å². The zero-order valence-corrected chi connectivity index (χ0v) is 18.7.